The molecular formula is C20H15F3N2O3. The number of anilines is 1. The molecule has 1 atom stereocenters. The Morgan fingerprint density at radius 2 is 1.86 bits per heavy atom. The summed E-state index contributed by atoms with van der Waals surface area (Å²) in [6, 6.07) is 12.4. The normalized spacial score (nSPS) is 12.2. The lowest BCUT2D eigenvalue weighted by atomic mass is 10.1. The molecule has 8 heteroatoms. The molecule has 0 heterocycles. The van der Waals surface area contributed by atoms with E-state index in [1.807, 2.05) is 6.07 Å². The maximum Gasteiger partial charge on any atom is 0.416 e. The molecule has 1 amide bonds. The van der Waals surface area contributed by atoms with Crippen molar-refractivity contribution in [1.82, 2.24) is 0 Å². The van der Waals surface area contributed by atoms with Gasteiger partial charge >= 0.3 is 12.1 Å². The molecule has 0 aromatic heterocycles. The summed E-state index contributed by atoms with van der Waals surface area (Å²) in [4.78, 5) is 23.8. The topological polar surface area (TPSA) is 79.2 Å². The van der Waals surface area contributed by atoms with Crippen LogP contribution in [0.4, 0.5) is 18.9 Å². The molecule has 5 nitrogen and oxygen atoms in total. The number of rotatable bonds is 5. The number of nitriles is 1. The maximum atomic E-state index is 12.5. The number of halogens is 3. The van der Waals surface area contributed by atoms with Crippen LogP contribution < -0.4 is 5.32 Å². The minimum absolute atomic E-state index is 0.363. The van der Waals surface area contributed by atoms with Crippen LogP contribution in [-0.4, -0.2) is 18.0 Å². The predicted molar refractivity (Wildman–Crippen MR) is 95.8 cm³/mol. The summed E-state index contributed by atoms with van der Waals surface area (Å²) >= 11 is 0. The van der Waals surface area contributed by atoms with Gasteiger partial charge in [0, 0.05) is 11.8 Å². The van der Waals surface area contributed by atoms with Crippen LogP contribution in [0.25, 0.3) is 6.08 Å². The van der Waals surface area contributed by atoms with Crippen LogP contribution in [-0.2, 0) is 20.5 Å². The number of hydrogen-bond donors (Lipinski definition) is 1. The molecule has 0 radical (unpaired) electrons. The summed E-state index contributed by atoms with van der Waals surface area (Å²) in [5.41, 5.74) is 0.322. The van der Waals surface area contributed by atoms with Gasteiger partial charge in [0.05, 0.1) is 17.2 Å². The van der Waals surface area contributed by atoms with Gasteiger partial charge in [-0.1, -0.05) is 18.2 Å². The van der Waals surface area contributed by atoms with Gasteiger partial charge in [-0.3, -0.25) is 4.79 Å². The Balaban J connectivity index is 1.91. The first-order chi connectivity index (χ1) is 13.2. The van der Waals surface area contributed by atoms with Gasteiger partial charge in [-0.2, -0.15) is 18.4 Å². The highest BCUT2D eigenvalue weighted by Crippen LogP contribution is 2.29. The molecule has 0 saturated heterocycles. The third-order valence-electron chi connectivity index (χ3n) is 3.57. The Hall–Kier alpha value is -3.60. The van der Waals surface area contributed by atoms with Crippen molar-refractivity contribution in [3.05, 3.63) is 71.3 Å². The van der Waals surface area contributed by atoms with E-state index in [1.54, 1.807) is 18.2 Å². The molecular weight excluding hydrogens is 373 g/mol. The second-order valence-corrected chi connectivity index (χ2v) is 5.71. The number of amides is 1. The summed E-state index contributed by atoms with van der Waals surface area (Å²) < 4.78 is 42.5. The maximum absolute atomic E-state index is 12.5. The predicted octanol–water partition coefficient (Wildman–Crippen LogP) is 4.16. The summed E-state index contributed by atoms with van der Waals surface area (Å²) in [5.74, 6) is -1.42. The summed E-state index contributed by atoms with van der Waals surface area (Å²) in [6.45, 7) is 1.37. The number of nitrogens with one attached hydrogen (secondary N) is 1. The van der Waals surface area contributed by atoms with Crippen molar-refractivity contribution >= 4 is 23.6 Å². The summed E-state index contributed by atoms with van der Waals surface area (Å²) in [7, 11) is 0. The Morgan fingerprint density at radius 3 is 2.46 bits per heavy atom. The third-order valence-corrected chi connectivity index (χ3v) is 3.57. The molecule has 144 valence electrons. The van der Waals surface area contributed by atoms with Crippen LogP contribution in [0.1, 0.15) is 23.6 Å². The van der Waals surface area contributed by atoms with Crippen LogP contribution in [0, 0.1) is 11.3 Å². The van der Waals surface area contributed by atoms with Crippen LogP contribution in [0.15, 0.2) is 54.6 Å². The largest absolute Gasteiger partial charge is 0.449 e. The zero-order chi connectivity index (χ0) is 20.7. The quantitative estimate of drug-likeness (QED) is 0.616. The van der Waals surface area contributed by atoms with E-state index < -0.39 is 29.7 Å². The second-order valence-electron chi connectivity index (χ2n) is 5.71. The van der Waals surface area contributed by atoms with Gasteiger partial charge in [-0.05, 0) is 48.9 Å². The Bertz CT molecular complexity index is 929. The van der Waals surface area contributed by atoms with E-state index in [-0.39, 0.29) is 0 Å². The molecule has 0 aliphatic rings. The molecule has 0 aliphatic carbocycles. The zero-order valence-corrected chi connectivity index (χ0v) is 14.7. The summed E-state index contributed by atoms with van der Waals surface area (Å²) in [6.07, 6.45) is -3.25. The number of benzene rings is 2. The van der Waals surface area contributed by atoms with Crippen LogP contribution >= 0.6 is 0 Å². The van der Waals surface area contributed by atoms with Crippen LogP contribution in [0.3, 0.4) is 0 Å². The number of nitrogens with zero attached hydrogens (tertiary/aromatic N) is 1. The van der Waals surface area contributed by atoms with Gasteiger partial charge < -0.3 is 10.1 Å². The highest BCUT2D eigenvalue weighted by molar-refractivity contribution is 5.96. The molecule has 28 heavy (non-hydrogen) atoms. The molecule has 0 aliphatic heterocycles. The van der Waals surface area contributed by atoms with Gasteiger partial charge in [0.2, 0.25) is 0 Å². The molecule has 2 aromatic rings. The molecule has 1 N–H and O–H groups in total. The monoisotopic (exact) mass is 388 g/mol. The van der Waals surface area contributed by atoms with E-state index in [1.165, 1.54) is 31.2 Å². The molecule has 2 aromatic carbocycles. The highest BCUT2D eigenvalue weighted by atomic mass is 19.4. The number of carbonyl (C=O) groups excluding carboxylic acids is 2. The van der Waals surface area contributed by atoms with Crippen molar-refractivity contribution in [1.29, 1.82) is 5.26 Å². The number of esters is 1. The third kappa shape index (κ3) is 5.99. The van der Waals surface area contributed by atoms with Crippen molar-refractivity contribution in [2.24, 2.45) is 0 Å². The lowest BCUT2D eigenvalue weighted by molar-refractivity contribution is -0.148. The first-order valence-electron chi connectivity index (χ1n) is 8.06. The van der Waals surface area contributed by atoms with Gasteiger partial charge in [0.1, 0.15) is 0 Å². The van der Waals surface area contributed by atoms with Gasteiger partial charge in [-0.25, -0.2) is 4.79 Å². The highest BCUT2D eigenvalue weighted by Gasteiger charge is 2.29. The molecule has 2 rings (SSSR count). The van der Waals surface area contributed by atoms with E-state index in [0.717, 1.165) is 18.2 Å². The average molecular weight is 388 g/mol. The second kappa shape index (κ2) is 8.86. The van der Waals surface area contributed by atoms with Crippen molar-refractivity contribution < 1.29 is 27.5 Å². The van der Waals surface area contributed by atoms with Gasteiger partial charge in [0.25, 0.3) is 5.91 Å². The van der Waals surface area contributed by atoms with E-state index in [0.29, 0.717) is 16.8 Å². The van der Waals surface area contributed by atoms with Crippen molar-refractivity contribution in [2.75, 3.05) is 5.32 Å². The number of alkyl halides is 3. The van der Waals surface area contributed by atoms with Gasteiger partial charge in [-0.15, -0.1) is 0 Å². The van der Waals surface area contributed by atoms with E-state index in [4.69, 9.17) is 10.00 Å². The molecule has 0 fully saturated rings. The fourth-order valence-corrected chi connectivity index (χ4v) is 2.12. The molecule has 0 unspecified atom stereocenters. The lowest BCUT2D eigenvalue weighted by Gasteiger charge is -2.12. The molecule has 0 saturated carbocycles. The van der Waals surface area contributed by atoms with Crippen molar-refractivity contribution in [3.8, 4) is 6.07 Å². The SMILES string of the molecule is C[C@@H](OC(=O)/C=C/c1ccc(C(F)(F)F)cc1)C(=O)Nc1cccc(C#N)c1. The minimum atomic E-state index is -4.43. The number of carbonyl (C=O) groups is 2. The van der Waals surface area contributed by atoms with E-state index >= 15 is 0 Å². The summed E-state index contributed by atoms with van der Waals surface area (Å²) in [5, 5.41) is 11.4. The molecule has 0 spiro atoms. The first kappa shape index (κ1) is 20.7. The lowest BCUT2D eigenvalue weighted by Crippen LogP contribution is -2.29. The van der Waals surface area contributed by atoms with Crippen molar-refractivity contribution in [3.63, 3.8) is 0 Å². The zero-order valence-electron chi connectivity index (χ0n) is 14.7. The minimum Gasteiger partial charge on any atom is -0.449 e. The Kier molecular flexibility index (Phi) is 6.55. The van der Waals surface area contributed by atoms with E-state index in [9.17, 15) is 22.8 Å². The van der Waals surface area contributed by atoms with E-state index in [2.05, 4.69) is 5.32 Å². The van der Waals surface area contributed by atoms with Crippen LogP contribution in [0.5, 0.6) is 0 Å². The fourth-order valence-electron chi connectivity index (χ4n) is 2.12. The number of ether oxygens (including phenoxy) is 1. The fraction of sp³-hybridized carbons (Fsp3) is 0.150. The van der Waals surface area contributed by atoms with Crippen molar-refractivity contribution in [2.45, 2.75) is 19.2 Å². The smallest absolute Gasteiger partial charge is 0.416 e. The van der Waals surface area contributed by atoms with Gasteiger partial charge in [0.15, 0.2) is 6.10 Å². The standard InChI is InChI=1S/C20H15F3N2O3/c1-13(19(27)25-17-4-2-3-15(11-17)12-24)28-18(26)10-7-14-5-8-16(9-6-14)20(21,22)23/h2-11,13H,1H3,(H,25,27)/b10-7+/t13-/m1/s1. The number of hydrogen-bond acceptors (Lipinski definition) is 4. The molecule has 0 bridgehead atoms. The average Bonchev–Trinajstić information content (AvgIpc) is 2.66. The van der Waals surface area contributed by atoms with Crippen LogP contribution in [0.2, 0.25) is 0 Å². The first-order valence-corrected chi connectivity index (χ1v) is 8.06. The Labute approximate surface area is 159 Å². The Morgan fingerprint density at radius 1 is 1.18 bits per heavy atom.